The third-order valence-corrected chi connectivity index (χ3v) is 4.59. The SMILES string of the molecule is CC1CCCCC1N(C)C(=O)c1ccc([N+](=O)[O-])cc1Cl. The normalized spacial score (nSPS) is 21.9. The van der Waals surface area contributed by atoms with Crippen molar-refractivity contribution >= 4 is 23.2 Å². The summed E-state index contributed by atoms with van der Waals surface area (Å²) in [5.74, 6) is 0.290. The number of amides is 1. The van der Waals surface area contributed by atoms with Crippen molar-refractivity contribution in [3.8, 4) is 0 Å². The van der Waals surface area contributed by atoms with E-state index in [2.05, 4.69) is 6.92 Å². The molecule has 2 unspecified atom stereocenters. The zero-order valence-electron chi connectivity index (χ0n) is 12.2. The second-order valence-electron chi connectivity index (χ2n) is 5.67. The minimum absolute atomic E-state index is 0.106. The molecular formula is C15H19ClN2O3. The highest BCUT2D eigenvalue weighted by Crippen LogP contribution is 2.30. The molecule has 2 rings (SSSR count). The Morgan fingerprint density at radius 2 is 2.05 bits per heavy atom. The van der Waals surface area contributed by atoms with E-state index >= 15 is 0 Å². The molecule has 114 valence electrons. The summed E-state index contributed by atoms with van der Waals surface area (Å²) in [6.07, 6.45) is 4.45. The summed E-state index contributed by atoms with van der Waals surface area (Å²) in [6.45, 7) is 2.16. The molecule has 0 heterocycles. The molecule has 0 radical (unpaired) electrons. The van der Waals surface area contributed by atoms with Gasteiger partial charge in [-0.25, -0.2) is 0 Å². The fourth-order valence-corrected chi connectivity index (χ4v) is 3.26. The molecule has 0 spiro atoms. The van der Waals surface area contributed by atoms with Crippen molar-refractivity contribution in [2.75, 3.05) is 7.05 Å². The summed E-state index contributed by atoms with van der Waals surface area (Å²) in [7, 11) is 1.78. The second kappa shape index (κ2) is 6.43. The number of hydrogen-bond acceptors (Lipinski definition) is 3. The van der Waals surface area contributed by atoms with Crippen LogP contribution in [0.4, 0.5) is 5.69 Å². The number of hydrogen-bond donors (Lipinski definition) is 0. The van der Waals surface area contributed by atoms with Gasteiger partial charge in [-0.05, 0) is 24.8 Å². The topological polar surface area (TPSA) is 63.5 Å². The summed E-state index contributed by atoms with van der Waals surface area (Å²) < 4.78 is 0. The quantitative estimate of drug-likeness (QED) is 0.628. The van der Waals surface area contributed by atoms with Crippen molar-refractivity contribution in [1.29, 1.82) is 0 Å². The highest BCUT2D eigenvalue weighted by molar-refractivity contribution is 6.34. The van der Waals surface area contributed by atoms with E-state index in [9.17, 15) is 14.9 Å². The number of nitro benzene ring substituents is 1. The largest absolute Gasteiger partial charge is 0.338 e. The van der Waals surface area contributed by atoms with Gasteiger partial charge in [-0.1, -0.05) is 31.4 Å². The molecule has 0 N–H and O–H groups in total. The van der Waals surface area contributed by atoms with Gasteiger partial charge in [0.25, 0.3) is 11.6 Å². The number of carbonyl (C=O) groups excluding carboxylic acids is 1. The first-order chi connectivity index (χ1) is 9.91. The average molecular weight is 311 g/mol. The molecular weight excluding hydrogens is 292 g/mol. The summed E-state index contributed by atoms with van der Waals surface area (Å²) in [5, 5.41) is 10.8. The first kappa shape index (κ1) is 15.8. The minimum atomic E-state index is -0.521. The lowest BCUT2D eigenvalue weighted by Crippen LogP contribution is -2.42. The lowest BCUT2D eigenvalue weighted by atomic mass is 9.85. The Kier molecular flexibility index (Phi) is 4.83. The number of nitro groups is 1. The van der Waals surface area contributed by atoms with Crippen LogP contribution in [0.3, 0.4) is 0 Å². The van der Waals surface area contributed by atoms with Gasteiger partial charge in [-0.15, -0.1) is 0 Å². The van der Waals surface area contributed by atoms with Gasteiger partial charge in [0.05, 0.1) is 15.5 Å². The molecule has 1 amide bonds. The molecule has 1 fully saturated rings. The number of rotatable bonds is 3. The van der Waals surface area contributed by atoms with Crippen molar-refractivity contribution in [2.45, 2.75) is 38.6 Å². The van der Waals surface area contributed by atoms with Crippen LogP contribution in [0.2, 0.25) is 5.02 Å². The van der Waals surface area contributed by atoms with Gasteiger partial charge < -0.3 is 4.90 Å². The van der Waals surface area contributed by atoms with Crippen molar-refractivity contribution in [2.24, 2.45) is 5.92 Å². The van der Waals surface area contributed by atoms with Crippen LogP contribution in [0.15, 0.2) is 18.2 Å². The Hall–Kier alpha value is -1.62. The van der Waals surface area contributed by atoms with Gasteiger partial charge in [0.1, 0.15) is 0 Å². The summed E-state index contributed by atoms with van der Waals surface area (Å²) in [6, 6.07) is 4.19. The Morgan fingerprint density at radius 1 is 1.38 bits per heavy atom. The van der Waals surface area contributed by atoms with E-state index in [1.54, 1.807) is 11.9 Å². The smallest absolute Gasteiger partial charge is 0.270 e. The molecule has 6 heteroatoms. The van der Waals surface area contributed by atoms with E-state index in [1.165, 1.54) is 24.6 Å². The summed E-state index contributed by atoms with van der Waals surface area (Å²) in [4.78, 5) is 24.5. The predicted molar refractivity (Wildman–Crippen MR) is 81.6 cm³/mol. The standard InChI is InChI=1S/C15H19ClN2O3/c1-10-5-3-4-6-14(10)17(2)15(19)12-8-7-11(18(20)21)9-13(12)16/h7-10,14H,3-6H2,1-2H3. The molecule has 1 aliphatic carbocycles. The molecule has 1 saturated carbocycles. The van der Waals surface area contributed by atoms with Gasteiger partial charge in [-0.3, -0.25) is 14.9 Å². The first-order valence-electron chi connectivity index (χ1n) is 7.13. The van der Waals surface area contributed by atoms with Gasteiger partial charge in [-0.2, -0.15) is 0 Å². The third kappa shape index (κ3) is 3.35. The Morgan fingerprint density at radius 3 is 2.62 bits per heavy atom. The van der Waals surface area contributed by atoms with Crippen LogP contribution in [-0.4, -0.2) is 28.8 Å². The molecule has 0 aromatic heterocycles. The molecule has 5 nitrogen and oxygen atoms in total. The van der Waals surface area contributed by atoms with Crippen LogP contribution in [0.5, 0.6) is 0 Å². The van der Waals surface area contributed by atoms with E-state index < -0.39 is 4.92 Å². The Balaban J connectivity index is 2.21. The van der Waals surface area contributed by atoms with Crippen LogP contribution in [0, 0.1) is 16.0 Å². The molecule has 2 atom stereocenters. The van der Waals surface area contributed by atoms with Crippen LogP contribution in [-0.2, 0) is 0 Å². The lowest BCUT2D eigenvalue weighted by Gasteiger charge is -2.36. The maximum absolute atomic E-state index is 12.6. The molecule has 0 aliphatic heterocycles. The number of benzene rings is 1. The van der Waals surface area contributed by atoms with Crippen molar-refractivity contribution in [1.82, 2.24) is 4.90 Å². The van der Waals surface area contributed by atoms with E-state index in [-0.39, 0.29) is 22.7 Å². The van der Waals surface area contributed by atoms with Crippen LogP contribution in [0.25, 0.3) is 0 Å². The highest BCUT2D eigenvalue weighted by Gasteiger charge is 2.29. The molecule has 1 aliphatic rings. The third-order valence-electron chi connectivity index (χ3n) is 4.28. The Bertz CT molecular complexity index is 562. The zero-order valence-corrected chi connectivity index (χ0v) is 13.0. The van der Waals surface area contributed by atoms with Gasteiger partial charge in [0.2, 0.25) is 0 Å². The van der Waals surface area contributed by atoms with Crippen molar-refractivity contribution in [3.05, 3.63) is 38.9 Å². The number of halogens is 1. The molecule has 0 bridgehead atoms. The van der Waals surface area contributed by atoms with Crippen LogP contribution >= 0.6 is 11.6 Å². The average Bonchev–Trinajstić information content (AvgIpc) is 2.46. The van der Waals surface area contributed by atoms with Crippen molar-refractivity contribution in [3.63, 3.8) is 0 Å². The van der Waals surface area contributed by atoms with Crippen LogP contribution in [0.1, 0.15) is 43.0 Å². The first-order valence-corrected chi connectivity index (χ1v) is 7.50. The number of non-ortho nitro benzene ring substituents is 1. The summed E-state index contributed by atoms with van der Waals surface area (Å²) >= 11 is 6.04. The van der Waals surface area contributed by atoms with Gasteiger partial charge in [0.15, 0.2) is 0 Å². The number of carbonyl (C=O) groups is 1. The monoisotopic (exact) mass is 310 g/mol. The van der Waals surface area contributed by atoms with E-state index in [0.717, 1.165) is 19.3 Å². The fourth-order valence-electron chi connectivity index (χ4n) is 3.00. The fraction of sp³-hybridized carbons (Fsp3) is 0.533. The Labute approximate surface area is 129 Å². The molecule has 1 aromatic carbocycles. The van der Waals surface area contributed by atoms with E-state index in [4.69, 9.17) is 11.6 Å². The maximum atomic E-state index is 12.6. The molecule has 0 saturated heterocycles. The van der Waals surface area contributed by atoms with E-state index in [1.807, 2.05) is 0 Å². The zero-order chi connectivity index (χ0) is 15.6. The van der Waals surface area contributed by atoms with Crippen molar-refractivity contribution < 1.29 is 9.72 Å². The lowest BCUT2D eigenvalue weighted by molar-refractivity contribution is -0.384. The highest BCUT2D eigenvalue weighted by atomic mass is 35.5. The van der Waals surface area contributed by atoms with Crippen LogP contribution < -0.4 is 0 Å². The second-order valence-corrected chi connectivity index (χ2v) is 6.07. The van der Waals surface area contributed by atoms with E-state index in [0.29, 0.717) is 11.5 Å². The van der Waals surface area contributed by atoms with Gasteiger partial charge in [0, 0.05) is 25.2 Å². The maximum Gasteiger partial charge on any atom is 0.270 e. The predicted octanol–water partition coefficient (Wildman–Crippen LogP) is 3.90. The minimum Gasteiger partial charge on any atom is -0.338 e. The summed E-state index contributed by atoms with van der Waals surface area (Å²) in [5.41, 5.74) is 0.216. The van der Waals surface area contributed by atoms with Gasteiger partial charge >= 0.3 is 0 Å². The number of nitrogens with zero attached hydrogens (tertiary/aromatic N) is 2. The molecule has 1 aromatic rings. The molecule has 21 heavy (non-hydrogen) atoms.